The van der Waals surface area contributed by atoms with Crippen LogP contribution >= 0.6 is 11.8 Å². The number of hydrogen-bond donors (Lipinski definition) is 12. The third kappa shape index (κ3) is 11.4. The molecule has 2 bridgehead atoms. The van der Waals surface area contributed by atoms with Gasteiger partial charge in [-0.25, -0.2) is 0 Å². The number of nitrogens with zero attached hydrogens (tertiary/aromatic N) is 1. The van der Waals surface area contributed by atoms with Crippen LogP contribution in [0.15, 0.2) is 29.3 Å². The van der Waals surface area contributed by atoms with E-state index < -0.39 is 146 Å². The quantitative estimate of drug-likeness (QED) is 0.126. The Balaban J connectivity index is 1.69. The summed E-state index contributed by atoms with van der Waals surface area (Å²) in [6.07, 6.45) is -4.15. The van der Waals surface area contributed by atoms with Crippen molar-refractivity contribution < 1.29 is 63.6 Å². The van der Waals surface area contributed by atoms with Crippen molar-refractivity contribution in [3.8, 4) is 0 Å². The first-order chi connectivity index (χ1) is 29.4. The Morgan fingerprint density at radius 1 is 0.839 bits per heavy atom. The first-order valence-electron chi connectivity index (χ1n) is 20.2. The van der Waals surface area contributed by atoms with Gasteiger partial charge in [0.2, 0.25) is 47.3 Å². The number of aliphatic hydroxyl groups excluding tert-OH is 3. The van der Waals surface area contributed by atoms with Crippen LogP contribution in [0, 0.1) is 11.8 Å². The summed E-state index contributed by atoms with van der Waals surface area (Å²) < 4.78 is 0. The van der Waals surface area contributed by atoms with Crippen molar-refractivity contribution in [3.05, 3.63) is 29.8 Å². The molecule has 8 amide bonds. The summed E-state index contributed by atoms with van der Waals surface area (Å²) in [5, 5.41) is 59.5. The lowest BCUT2D eigenvalue weighted by Crippen LogP contribution is -2.62. The van der Waals surface area contributed by atoms with E-state index >= 15 is 0 Å². The Bertz CT molecular complexity index is 2070. The van der Waals surface area contributed by atoms with Crippen LogP contribution in [0.2, 0.25) is 0 Å². The van der Waals surface area contributed by atoms with Gasteiger partial charge < -0.3 is 67.5 Å². The predicted molar refractivity (Wildman–Crippen MR) is 218 cm³/mol. The highest BCUT2D eigenvalue weighted by Crippen LogP contribution is 2.32. The third-order valence-corrected chi connectivity index (χ3v) is 12.4. The Morgan fingerprint density at radius 2 is 1.52 bits per heavy atom. The second-order valence-electron chi connectivity index (χ2n) is 15.7. The van der Waals surface area contributed by atoms with Crippen LogP contribution in [0.4, 0.5) is 0 Å². The molecule has 0 spiro atoms. The zero-order valence-corrected chi connectivity index (χ0v) is 35.1. The lowest BCUT2D eigenvalue weighted by Gasteiger charge is -2.32. The summed E-state index contributed by atoms with van der Waals surface area (Å²) in [4.78, 5) is 127. The number of aliphatic hydroxyl groups is 3. The molecule has 12 N–H and O–H groups in total. The van der Waals surface area contributed by atoms with E-state index in [2.05, 4.69) is 42.2 Å². The van der Waals surface area contributed by atoms with Gasteiger partial charge in [-0.3, -0.25) is 43.2 Å². The molecule has 23 heteroatoms. The molecule has 4 unspecified atom stereocenters. The zero-order chi connectivity index (χ0) is 45.4. The summed E-state index contributed by atoms with van der Waals surface area (Å²) in [7, 11) is 0. The number of carboxylic acids is 1. The number of carboxylic acid groups (broad SMARTS) is 1. The normalized spacial score (nSPS) is 27.8. The molecule has 3 aliphatic rings. The number of rotatable bonds is 7. The number of para-hydroxylation sites is 1. The third-order valence-electron chi connectivity index (χ3n) is 11.3. The highest BCUT2D eigenvalue weighted by atomic mass is 32.2. The summed E-state index contributed by atoms with van der Waals surface area (Å²) in [5.74, 6) is -11.0. The molecule has 4 heterocycles. The van der Waals surface area contributed by atoms with Gasteiger partial charge in [-0.15, -0.1) is 11.8 Å². The monoisotopic (exact) mass is 887 g/mol. The van der Waals surface area contributed by atoms with Gasteiger partial charge in [0.1, 0.15) is 36.3 Å². The Hall–Kier alpha value is -5.78. The number of nitrogens with one attached hydrogen (secondary N) is 8. The van der Waals surface area contributed by atoms with Crippen LogP contribution in [0.3, 0.4) is 0 Å². The van der Waals surface area contributed by atoms with Crippen molar-refractivity contribution in [3.63, 3.8) is 0 Å². The number of aliphatic carboxylic acids is 1. The van der Waals surface area contributed by atoms with Crippen molar-refractivity contribution in [1.82, 2.24) is 47.1 Å². The van der Waals surface area contributed by atoms with Gasteiger partial charge in [-0.2, -0.15) is 0 Å². The molecule has 10 atom stereocenters. The zero-order valence-electron chi connectivity index (χ0n) is 34.3. The fourth-order valence-electron chi connectivity index (χ4n) is 7.49. The molecule has 22 nitrogen and oxygen atoms in total. The van der Waals surface area contributed by atoms with Crippen molar-refractivity contribution in [2.75, 3.05) is 32.0 Å². The Labute approximate surface area is 359 Å². The molecule has 0 radical (unpaired) electrons. The fourth-order valence-corrected chi connectivity index (χ4v) is 8.61. The summed E-state index contributed by atoms with van der Waals surface area (Å²) in [5.41, 5.74) is 1.00. The van der Waals surface area contributed by atoms with Crippen LogP contribution in [0.1, 0.15) is 45.6 Å². The van der Waals surface area contributed by atoms with E-state index in [4.69, 9.17) is 0 Å². The molecule has 2 aromatic rings. The summed E-state index contributed by atoms with van der Waals surface area (Å²) in [6.45, 7) is 2.12. The number of fused-ring (bicyclic) bond motifs is 5. The molecular weight excluding hydrogens is 835 g/mol. The van der Waals surface area contributed by atoms with Crippen LogP contribution in [-0.4, -0.2) is 164 Å². The lowest BCUT2D eigenvalue weighted by molar-refractivity contribution is -0.146. The number of thioether (sulfide) groups is 1. The van der Waals surface area contributed by atoms with E-state index in [-0.39, 0.29) is 18.6 Å². The maximum Gasteiger partial charge on any atom is 0.305 e. The van der Waals surface area contributed by atoms with Gasteiger partial charge in [0, 0.05) is 42.0 Å². The number of aromatic nitrogens is 1. The lowest BCUT2D eigenvalue weighted by atomic mass is 9.93. The number of carbonyl (C=O) groups is 9. The standard InChI is InChI=1S/C39H53N9O13S/c1-4-17(2)31-36(59)41-12-28(52)42-25-16-62-38-21(20-7-5-6-8-22(20)45-38)10-23(33(56)40-13-29(53)46-31)43-37(60)32(18(3)27(51)15-49)47-35(58)26-9-19(50)14-48(26)39(61)24(11-30(54)55)44-34(25)57/h5-8,17-19,23-27,31-32,45,49-51H,4,9-16H2,1-3H3,(H,40,56)(H,41,59)(H,42,52)(H,43,60)(H,44,57)(H,46,53)(H,47,58)(H,54,55)/t17?,18-,19?,23?,24-,25?,26-,27-,31-,32-/m0/s1. The minimum absolute atomic E-state index is 0.276. The number of amides is 8. The van der Waals surface area contributed by atoms with E-state index in [0.29, 0.717) is 27.9 Å². The van der Waals surface area contributed by atoms with Crippen LogP contribution in [0.5, 0.6) is 0 Å². The molecule has 338 valence electrons. The molecule has 0 saturated carbocycles. The smallest absolute Gasteiger partial charge is 0.305 e. The van der Waals surface area contributed by atoms with Crippen LogP contribution in [-0.2, 0) is 49.6 Å². The maximum absolute atomic E-state index is 14.4. The molecular formula is C39H53N9O13S. The number of H-pyrrole nitrogens is 1. The molecule has 0 aliphatic carbocycles. The molecule has 5 rings (SSSR count). The van der Waals surface area contributed by atoms with Gasteiger partial charge in [0.25, 0.3) is 0 Å². The van der Waals surface area contributed by atoms with E-state index in [1.165, 1.54) is 6.92 Å². The van der Waals surface area contributed by atoms with Gasteiger partial charge in [0.05, 0.1) is 43.4 Å². The van der Waals surface area contributed by atoms with Gasteiger partial charge >= 0.3 is 5.97 Å². The SMILES string of the molecule is CCC(C)[C@@H]1NC(=O)CNC(=O)C2Cc3c([nH]c4ccccc34)SCC(NC(=O)CNC1=O)C(=O)N[C@@H](CC(=O)O)C(=O)N1CC(O)C[C@H]1C(=O)N[C@@H]([C@@H](C)[C@@H](O)CO)C(=O)N2. The van der Waals surface area contributed by atoms with Gasteiger partial charge in [-0.05, 0) is 17.5 Å². The Morgan fingerprint density at radius 3 is 2.19 bits per heavy atom. The number of carbonyl (C=O) groups excluding carboxylic acids is 8. The number of aromatic amines is 1. The van der Waals surface area contributed by atoms with Crippen LogP contribution in [0.25, 0.3) is 10.9 Å². The van der Waals surface area contributed by atoms with Crippen molar-refractivity contribution in [2.45, 2.75) is 99.9 Å². The van der Waals surface area contributed by atoms with Gasteiger partial charge in [0.15, 0.2) is 0 Å². The van der Waals surface area contributed by atoms with Crippen LogP contribution < -0.4 is 37.2 Å². The first kappa shape index (κ1) is 47.3. The minimum atomic E-state index is -1.84. The molecule has 1 saturated heterocycles. The predicted octanol–water partition coefficient (Wildman–Crippen LogP) is -4.04. The fraction of sp³-hybridized carbons (Fsp3) is 0.564. The van der Waals surface area contributed by atoms with E-state index in [1.54, 1.807) is 38.1 Å². The Kier molecular flexibility index (Phi) is 15.9. The number of hydrogen-bond acceptors (Lipinski definition) is 13. The average Bonchev–Trinajstić information content (AvgIpc) is 3.81. The average molecular weight is 888 g/mol. The summed E-state index contributed by atoms with van der Waals surface area (Å²) in [6, 6.07) is -2.39. The second-order valence-corrected chi connectivity index (χ2v) is 16.7. The molecule has 3 aliphatic heterocycles. The topological polar surface area (TPSA) is 338 Å². The second kappa shape index (κ2) is 20.9. The molecule has 1 aromatic carbocycles. The highest BCUT2D eigenvalue weighted by Gasteiger charge is 2.45. The molecule has 1 aromatic heterocycles. The highest BCUT2D eigenvalue weighted by molar-refractivity contribution is 7.99. The first-order valence-corrected chi connectivity index (χ1v) is 21.2. The molecule has 1 fully saturated rings. The number of benzene rings is 1. The van der Waals surface area contributed by atoms with Crippen molar-refractivity contribution in [1.29, 1.82) is 0 Å². The van der Waals surface area contributed by atoms with E-state index in [0.717, 1.165) is 16.7 Å². The summed E-state index contributed by atoms with van der Waals surface area (Å²) >= 11 is 1.00. The minimum Gasteiger partial charge on any atom is -0.481 e. The largest absolute Gasteiger partial charge is 0.481 e. The molecule has 62 heavy (non-hydrogen) atoms. The van der Waals surface area contributed by atoms with Crippen molar-refractivity contribution in [2.24, 2.45) is 11.8 Å². The van der Waals surface area contributed by atoms with E-state index in [1.807, 2.05) is 0 Å². The van der Waals surface area contributed by atoms with Crippen molar-refractivity contribution >= 4 is 75.9 Å². The maximum atomic E-state index is 14.4. The van der Waals surface area contributed by atoms with E-state index in [9.17, 15) is 63.6 Å². The van der Waals surface area contributed by atoms with Gasteiger partial charge in [-0.1, -0.05) is 45.4 Å².